The normalized spacial score (nSPS) is 16.3. The van der Waals surface area contributed by atoms with Gasteiger partial charge >= 0.3 is 5.69 Å². The standard InChI is InChI=1S/C15H24N4O2/c1-4-16-13-6-5-7-14(15(13)19(20)21)18-10-8-12(9-11-18)17(2)3/h5-7,12,16H,4,8-11H2,1-3H3. The monoisotopic (exact) mass is 292 g/mol. The van der Waals surface area contributed by atoms with E-state index in [0.717, 1.165) is 31.6 Å². The number of nitro benzene ring substituents is 1. The maximum absolute atomic E-state index is 11.5. The Balaban J connectivity index is 2.24. The van der Waals surface area contributed by atoms with Crippen LogP contribution in [-0.4, -0.2) is 49.6 Å². The van der Waals surface area contributed by atoms with Crippen LogP contribution in [0.15, 0.2) is 18.2 Å². The number of para-hydroxylation sites is 1. The molecule has 0 saturated carbocycles. The van der Waals surface area contributed by atoms with E-state index in [4.69, 9.17) is 0 Å². The number of piperidine rings is 1. The van der Waals surface area contributed by atoms with E-state index in [9.17, 15) is 10.1 Å². The van der Waals surface area contributed by atoms with Crippen LogP contribution in [0.4, 0.5) is 17.1 Å². The van der Waals surface area contributed by atoms with Crippen LogP contribution < -0.4 is 10.2 Å². The molecule has 6 heteroatoms. The van der Waals surface area contributed by atoms with Gasteiger partial charge < -0.3 is 15.1 Å². The first-order valence-electron chi connectivity index (χ1n) is 7.47. The SMILES string of the molecule is CCNc1cccc(N2CCC(N(C)C)CC2)c1[N+](=O)[O-]. The fraction of sp³-hybridized carbons (Fsp3) is 0.600. The second-order valence-corrected chi connectivity index (χ2v) is 5.64. The highest BCUT2D eigenvalue weighted by Crippen LogP contribution is 2.36. The Morgan fingerprint density at radius 1 is 1.38 bits per heavy atom. The van der Waals surface area contributed by atoms with E-state index in [1.807, 2.05) is 19.1 Å². The molecular formula is C15H24N4O2. The van der Waals surface area contributed by atoms with E-state index < -0.39 is 0 Å². The summed E-state index contributed by atoms with van der Waals surface area (Å²) >= 11 is 0. The molecule has 1 heterocycles. The topological polar surface area (TPSA) is 61.6 Å². The Bertz CT molecular complexity index is 496. The molecule has 116 valence electrons. The highest BCUT2D eigenvalue weighted by Gasteiger charge is 2.27. The maximum Gasteiger partial charge on any atom is 0.315 e. The van der Waals surface area contributed by atoms with Gasteiger partial charge in [0.15, 0.2) is 0 Å². The molecule has 1 fully saturated rings. The summed E-state index contributed by atoms with van der Waals surface area (Å²) in [6.45, 7) is 4.34. The van der Waals surface area contributed by atoms with Gasteiger partial charge in [-0.2, -0.15) is 0 Å². The van der Waals surface area contributed by atoms with Gasteiger partial charge in [-0.3, -0.25) is 10.1 Å². The van der Waals surface area contributed by atoms with E-state index in [1.54, 1.807) is 6.07 Å². The molecule has 1 aliphatic rings. The van der Waals surface area contributed by atoms with Crippen molar-refractivity contribution in [3.8, 4) is 0 Å². The number of anilines is 2. The first kappa shape index (κ1) is 15.6. The Morgan fingerprint density at radius 3 is 2.57 bits per heavy atom. The lowest BCUT2D eigenvalue weighted by molar-refractivity contribution is -0.383. The van der Waals surface area contributed by atoms with Gasteiger partial charge in [0, 0.05) is 25.7 Å². The summed E-state index contributed by atoms with van der Waals surface area (Å²) in [5, 5.41) is 14.6. The Labute approximate surface area is 125 Å². The van der Waals surface area contributed by atoms with Crippen molar-refractivity contribution in [1.82, 2.24) is 4.90 Å². The average molecular weight is 292 g/mol. The first-order valence-corrected chi connectivity index (χ1v) is 7.47. The first-order chi connectivity index (χ1) is 10.0. The van der Waals surface area contributed by atoms with Crippen molar-refractivity contribution in [2.45, 2.75) is 25.8 Å². The van der Waals surface area contributed by atoms with E-state index in [0.29, 0.717) is 18.3 Å². The molecule has 1 aromatic rings. The van der Waals surface area contributed by atoms with Crippen molar-refractivity contribution in [3.05, 3.63) is 28.3 Å². The zero-order valence-electron chi connectivity index (χ0n) is 13.0. The third-order valence-electron chi connectivity index (χ3n) is 4.10. The molecule has 1 N–H and O–H groups in total. The van der Waals surface area contributed by atoms with Crippen LogP contribution in [0.2, 0.25) is 0 Å². The number of hydrogen-bond donors (Lipinski definition) is 1. The number of nitro groups is 1. The number of hydrogen-bond acceptors (Lipinski definition) is 5. The van der Waals surface area contributed by atoms with Crippen LogP contribution >= 0.6 is 0 Å². The zero-order valence-corrected chi connectivity index (χ0v) is 13.0. The molecule has 1 aliphatic heterocycles. The quantitative estimate of drug-likeness (QED) is 0.667. The van der Waals surface area contributed by atoms with Crippen molar-refractivity contribution in [2.75, 3.05) is 43.9 Å². The molecule has 0 unspecified atom stereocenters. The third kappa shape index (κ3) is 3.44. The molecule has 0 aliphatic carbocycles. The predicted octanol–water partition coefficient (Wildman–Crippen LogP) is 2.56. The highest BCUT2D eigenvalue weighted by molar-refractivity contribution is 5.77. The Hall–Kier alpha value is -1.82. The van der Waals surface area contributed by atoms with Gasteiger partial charge in [0.2, 0.25) is 0 Å². The summed E-state index contributed by atoms with van der Waals surface area (Å²) in [6, 6.07) is 6.09. The van der Waals surface area contributed by atoms with Crippen LogP contribution in [-0.2, 0) is 0 Å². The Morgan fingerprint density at radius 2 is 2.05 bits per heavy atom. The highest BCUT2D eigenvalue weighted by atomic mass is 16.6. The molecule has 21 heavy (non-hydrogen) atoms. The average Bonchev–Trinajstić information content (AvgIpc) is 2.47. The molecule has 1 aromatic carbocycles. The van der Waals surface area contributed by atoms with Crippen LogP contribution in [0.3, 0.4) is 0 Å². The van der Waals surface area contributed by atoms with Gasteiger partial charge in [0.25, 0.3) is 0 Å². The van der Waals surface area contributed by atoms with Crippen LogP contribution in [0.1, 0.15) is 19.8 Å². The molecule has 0 spiro atoms. The summed E-state index contributed by atoms with van der Waals surface area (Å²) in [5.41, 5.74) is 1.54. The van der Waals surface area contributed by atoms with E-state index >= 15 is 0 Å². The van der Waals surface area contributed by atoms with Gasteiger partial charge in [-0.25, -0.2) is 0 Å². The fourth-order valence-corrected chi connectivity index (χ4v) is 2.93. The minimum Gasteiger partial charge on any atom is -0.380 e. The summed E-state index contributed by atoms with van der Waals surface area (Å²) in [5.74, 6) is 0. The maximum atomic E-state index is 11.5. The number of nitrogens with one attached hydrogen (secondary N) is 1. The molecule has 0 radical (unpaired) electrons. The van der Waals surface area contributed by atoms with Gasteiger partial charge in [-0.05, 0) is 46.0 Å². The lowest BCUT2D eigenvalue weighted by Crippen LogP contribution is -2.42. The van der Waals surface area contributed by atoms with E-state index in [1.165, 1.54) is 0 Å². The number of nitrogens with zero attached hydrogens (tertiary/aromatic N) is 3. The second kappa shape index (κ2) is 6.76. The minimum absolute atomic E-state index is 0.197. The molecule has 2 rings (SSSR count). The molecular weight excluding hydrogens is 268 g/mol. The van der Waals surface area contributed by atoms with E-state index in [-0.39, 0.29) is 10.6 Å². The van der Waals surface area contributed by atoms with Crippen molar-refractivity contribution in [1.29, 1.82) is 0 Å². The summed E-state index contributed by atoms with van der Waals surface area (Å²) in [4.78, 5) is 15.6. The molecule has 0 atom stereocenters. The fourth-order valence-electron chi connectivity index (χ4n) is 2.93. The molecule has 1 saturated heterocycles. The van der Waals surface area contributed by atoms with Gasteiger partial charge in [0.1, 0.15) is 11.4 Å². The van der Waals surface area contributed by atoms with Crippen LogP contribution in [0, 0.1) is 10.1 Å². The van der Waals surface area contributed by atoms with Crippen molar-refractivity contribution < 1.29 is 4.92 Å². The summed E-state index contributed by atoms with van der Waals surface area (Å²) in [7, 11) is 4.18. The second-order valence-electron chi connectivity index (χ2n) is 5.64. The number of rotatable bonds is 5. The van der Waals surface area contributed by atoms with Gasteiger partial charge in [0.05, 0.1) is 4.92 Å². The molecule has 0 amide bonds. The summed E-state index contributed by atoms with van der Waals surface area (Å²) < 4.78 is 0. The van der Waals surface area contributed by atoms with E-state index in [2.05, 4.69) is 29.2 Å². The van der Waals surface area contributed by atoms with Gasteiger partial charge in [-0.1, -0.05) is 6.07 Å². The molecule has 0 bridgehead atoms. The van der Waals surface area contributed by atoms with Crippen molar-refractivity contribution in [2.24, 2.45) is 0 Å². The molecule has 6 nitrogen and oxygen atoms in total. The Kier molecular flexibility index (Phi) is 5.01. The van der Waals surface area contributed by atoms with Gasteiger partial charge in [-0.15, -0.1) is 0 Å². The smallest absolute Gasteiger partial charge is 0.315 e. The van der Waals surface area contributed by atoms with Crippen LogP contribution in [0.5, 0.6) is 0 Å². The molecule has 0 aromatic heterocycles. The lowest BCUT2D eigenvalue weighted by Gasteiger charge is -2.36. The largest absolute Gasteiger partial charge is 0.380 e. The summed E-state index contributed by atoms with van der Waals surface area (Å²) in [6.07, 6.45) is 2.07. The minimum atomic E-state index is -0.272. The van der Waals surface area contributed by atoms with Crippen molar-refractivity contribution in [3.63, 3.8) is 0 Å². The van der Waals surface area contributed by atoms with Crippen LogP contribution in [0.25, 0.3) is 0 Å². The van der Waals surface area contributed by atoms with Crippen molar-refractivity contribution >= 4 is 17.1 Å². The number of benzene rings is 1. The lowest BCUT2D eigenvalue weighted by atomic mass is 10.0. The predicted molar refractivity (Wildman–Crippen MR) is 86.2 cm³/mol. The zero-order chi connectivity index (χ0) is 15.4. The third-order valence-corrected chi connectivity index (χ3v) is 4.10.